The van der Waals surface area contributed by atoms with E-state index in [1.807, 2.05) is 30.3 Å². The van der Waals surface area contributed by atoms with E-state index in [2.05, 4.69) is 31.2 Å². The molecule has 1 N–H and O–H groups in total. The van der Waals surface area contributed by atoms with Gasteiger partial charge in [-0.1, -0.05) is 75.5 Å². The maximum atomic E-state index is 10.5. The predicted octanol–water partition coefficient (Wildman–Crippen LogP) is 5.34. The molecule has 2 aromatic rings. The molecule has 35 heavy (non-hydrogen) atoms. The summed E-state index contributed by atoms with van der Waals surface area (Å²) < 4.78 is 7.11. The van der Waals surface area contributed by atoms with Gasteiger partial charge in [-0.05, 0) is 50.1 Å². The minimum absolute atomic E-state index is 0. The van der Waals surface area contributed by atoms with Crippen LogP contribution in [0.5, 0.6) is 5.75 Å². The fraction of sp³-hybridized carbons (Fsp3) is 0.586. The van der Waals surface area contributed by atoms with E-state index in [1.165, 1.54) is 76.2 Å². The summed E-state index contributed by atoms with van der Waals surface area (Å²) in [6.45, 7) is 3.37. The lowest BCUT2D eigenvalue weighted by molar-refractivity contribution is -0.923. The average molecular weight is 502 g/mol. The standard InChI is InChI=1S/C29H43N3O2.ClH/c1-24-15-17-26(18-16-24)30-31-27-19-20-29(33)25(21-27)22-32(2,3)23-34-28-13-11-9-7-5-4-6-8-10-12-14-28;/h15-21,28H,4-14,22-23H2,1-3H3;1H. The van der Waals surface area contributed by atoms with Gasteiger partial charge in [-0.15, -0.1) is 0 Å². The Morgan fingerprint density at radius 3 is 1.91 bits per heavy atom. The van der Waals surface area contributed by atoms with E-state index in [0.717, 1.165) is 16.9 Å². The largest absolute Gasteiger partial charge is 1.00 e. The van der Waals surface area contributed by atoms with Crippen molar-refractivity contribution in [3.63, 3.8) is 0 Å². The molecule has 0 spiro atoms. The van der Waals surface area contributed by atoms with Gasteiger partial charge in [0.25, 0.3) is 0 Å². The zero-order valence-corrected chi connectivity index (χ0v) is 22.6. The number of azo groups is 1. The van der Waals surface area contributed by atoms with Crippen LogP contribution in [0.15, 0.2) is 52.7 Å². The number of hydrogen-bond donors (Lipinski definition) is 1. The van der Waals surface area contributed by atoms with Gasteiger partial charge >= 0.3 is 0 Å². The number of nitrogens with zero attached hydrogens (tertiary/aromatic N) is 3. The van der Waals surface area contributed by atoms with E-state index in [0.29, 0.717) is 29.6 Å². The first-order valence-corrected chi connectivity index (χ1v) is 13.2. The summed E-state index contributed by atoms with van der Waals surface area (Å²) >= 11 is 0. The van der Waals surface area contributed by atoms with E-state index in [-0.39, 0.29) is 12.4 Å². The van der Waals surface area contributed by atoms with Crippen LogP contribution in [0.3, 0.4) is 0 Å². The van der Waals surface area contributed by atoms with Crippen LogP contribution in [0.1, 0.15) is 81.8 Å². The lowest BCUT2D eigenvalue weighted by Gasteiger charge is -2.32. The van der Waals surface area contributed by atoms with Crippen LogP contribution in [-0.4, -0.2) is 36.5 Å². The number of aromatic hydroxyl groups is 1. The first kappa shape index (κ1) is 29.3. The van der Waals surface area contributed by atoms with Crippen molar-refractivity contribution >= 4 is 11.4 Å². The van der Waals surface area contributed by atoms with Crippen molar-refractivity contribution in [2.45, 2.75) is 90.2 Å². The quantitative estimate of drug-likeness (QED) is 0.316. The third-order valence-electron chi connectivity index (χ3n) is 6.69. The van der Waals surface area contributed by atoms with E-state index < -0.39 is 0 Å². The molecular weight excluding hydrogens is 458 g/mol. The van der Waals surface area contributed by atoms with Crippen LogP contribution in [0.4, 0.5) is 11.4 Å². The van der Waals surface area contributed by atoms with Crippen LogP contribution >= 0.6 is 0 Å². The van der Waals surface area contributed by atoms with Gasteiger partial charge in [0, 0.05) is 0 Å². The highest BCUT2D eigenvalue weighted by atomic mass is 35.5. The second-order valence-corrected chi connectivity index (χ2v) is 10.6. The number of quaternary nitrogens is 1. The molecule has 0 saturated heterocycles. The van der Waals surface area contributed by atoms with Crippen molar-refractivity contribution in [1.82, 2.24) is 0 Å². The molecule has 1 aliphatic carbocycles. The molecule has 1 fully saturated rings. The lowest BCUT2D eigenvalue weighted by atomic mass is 9.99. The fourth-order valence-corrected chi connectivity index (χ4v) is 4.59. The molecule has 0 radical (unpaired) electrons. The zero-order valence-electron chi connectivity index (χ0n) is 21.9. The minimum atomic E-state index is 0. The third kappa shape index (κ3) is 11.1. The van der Waals surface area contributed by atoms with Crippen molar-refractivity contribution < 1.29 is 26.7 Å². The van der Waals surface area contributed by atoms with Crippen LogP contribution in [0.25, 0.3) is 0 Å². The Balaban J connectivity index is 0.00000432. The van der Waals surface area contributed by atoms with E-state index in [9.17, 15) is 5.11 Å². The molecule has 1 saturated carbocycles. The molecule has 2 aromatic carbocycles. The number of phenols is 1. The predicted molar refractivity (Wildman–Crippen MR) is 140 cm³/mol. The summed E-state index contributed by atoms with van der Waals surface area (Å²) in [5.41, 5.74) is 3.63. The van der Waals surface area contributed by atoms with Crippen LogP contribution < -0.4 is 12.4 Å². The van der Waals surface area contributed by atoms with Crippen LogP contribution in [0, 0.1) is 6.92 Å². The van der Waals surface area contributed by atoms with E-state index >= 15 is 0 Å². The highest BCUT2D eigenvalue weighted by Gasteiger charge is 2.21. The van der Waals surface area contributed by atoms with Gasteiger partial charge in [-0.3, -0.25) is 0 Å². The number of phenolic OH excluding ortho intramolecular Hbond substituents is 1. The Hall–Kier alpha value is -1.95. The molecule has 0 heterocycles. The van der Waals surface area contributed by atoms with Crippen LogP contribution in [-0.2, 0) is 11.3 Å². The maximum absolute atomic E-state index is 10.5. The van der Waals surface area contributed by atoms with Gasteiger partial charge in [0.2, 0.25) is 0 Å². The van der Waals surface area contributed by atoms with Gasteiger partial charge in [0.1, 0.15) is 12.3 Å². The molecule has 194 valence electrons. The molecule has 0 unspecified atom stereocenters. The molecule has 0 aliphatic heterocycles. The fourth-order valence-electron chi connectivity index (χ4n) is 4.59. The number of rotatable bonds is 7. The van der Waals surface area contributed by atoms with E-state index in [1.54, 1.807) is 12.1 Å². The Bertz CT molecular complexity index is 887. The second-order valence-electron chi connectivity index (χ2n) is 10.6. The molecule has 0 aromatic heterocycles. The van der Waals surface area contributed by atoms with Crippen molar-refractivity contribution in [1.29, 1.82) is 0 Å². The first-order valence-electron chi connectivity index (χ1n) is 13.2. The van der Waals surface area contributed by atoms with Crippen molar-refractivity contribution in [2.24, 2.45) is 10.2 Å². The Morgan fingerprint density at radius 1 is 0.800 bits per heavy atom. The van der Waals surface area contributed by atoms with Crippen molar-refractivity contribution in [3.8, 4) is 5.75 Å². The molecule has 0 bridgehead atoms. The number of benzene rings is 2. The van der Waals surface area contributed by atoms with Gasteiger partial charge in [-0.2, -0.15) is 10.2 Å². The lowest BCUT2D eigenvalue weighted by Crippen LogP contribution is -3.00. The topological polar surface area (TPSA) is 54.2 Å². The highest BCUT2D eigenvalue weighted by Crippen LogP contribution is 2.28. The average Bonchev–Trinajstić information content (AvgIpc) is 2.80. The molecule has 0 amide bonds. The number of halogens is 1. The van der Waals surface area contributed by atoms with Crippen molar-refractivity contribution in [2.75, 3.05) is 20.8 Å². The molecule has 1 aliphatic rings. The Morgan fingerprint density at radius 2 is 1.31 bits per heavy atom. The van der Waals surface area contributed by atoms with Gasteiger partial charge in [0.05, 0.1) is 37.1 Å². The summed E-state index contributed by atoms with van der Waals surface area (Å²) in [7, 11) is 4.32. The monoisotopic (exact) mass is 501 g/mol. The van der Waals surface area contributed by atoms with Gasteiger partial charge < -0.3 is 26.7 Å². The second kappa shape index (κ2) is 15.2. The SMILES string of the molecule is Cc1ccc(N=Nc2ccc(O)c(C[N+](C)(C)COC3CCCCCCCCCCC3)c2)cc1.[Cl-]. The summed E-state index contributed by atoms with van der Waals surface area (Å²) in [4.78, 5) is 0. The normalized spacial score (nSPS) is 16.9. The number of ether oxygens (including phenoxy) is 1. The van der Waals surface area contributed by atoms with Gasteiger partial charge in [-0.25, -0.2) is 0 Å². The Labute approximate surface area is 218 Å². The minimum Gasteiger partial charge on any atom is -1.00 e. The molecule has 0 atom stereocenters. The summed E-state index contributed by atoms with van der Waals surface area (Å²) in [6.07, 6.45) is 14.8. The molecular formula is C29H44ClN3O2. The van der Waals surface area contributed by atoms with Crippen molar-refractivity contribution in [3.05, 3.63) is 53.6 Å². The van der Waals surface area contributed by atoms with Gasteiger partial charge in [0.15, 0.2) is 6.73 Å². The number of hydrogen-bond acceptors (Lipinski definition) is 4. The third-order valence-corrected chi connectivity index (χ3v) is 6.69. The molecule has 3 rings (SSSR count). The highest BCUT2D eigenvalue weighted by molar-refractivity contribution is 5.47. The van der Waals surface area contributed by atoms with E-state index in [4.69, 9.17) is 4.74 Å². The number of aryl methyl sites for hydroxylation is 1. The maximum Gasteiger partial charge on any atom is 0.183 e. The van der Waals surface area contributed by atoms with Crippen LogP contribution in [0.2, 0.25) is 0 Å². The molecule has 5 nitrogen and oxygen atoms in total. The molecule has 6 heteroatoms. The summed E-state index contributed by atoms with van der Waals surface area (Å²) in [6, 6.07) is 13.4. The Kier molecular flexibility index (Phi) is 12.7. The smallest absolute Gasteiger partial charge is 0.183 e. The summed E-state index contributed by atoms with van der Waals surface area (Å²) in [5.74, 6) is 0.298. The first-order chi connectivity index (χ1) is 16.4. The summed E-state index contributed by atoms with van der Waals surface area (Å²) in [5, 5.41) is 19.2. The zero-order chi connectivity index (χ0) is 24.2.